The molecule has 0 aromatic rings. The van der Waals surface area contributed by atoms with Crippen LogP contribution in [0.1, 0.15) is 46.5 Å². The molecule has 0 heterocycles. The second-order valence-corrected chi connectivity index (χ2v) is 5.89. The van der Waals surface area contributed by atoms with Crippen molar-refractivity contribution in [2.24, 2.45) is 17.3 Å². The average molecular weight is 213 g/mol. The normalized spacial score (nSPS) is 39.4. The lowest BCUT2D eigenvalue weighted by Gasteiger charge is -2.42. The molecular weight excluding hydrogens is 188 g/mol. The van der Waals surface area contributed by atoms with Crippen LogP contribution in [0.4, 0.5) is 0 Å². The van der Waals surface area contributed by atoms with Gasteiger partial charge in [0.15, 0.2) is 0 Å². The molecule has 0 spiro atoms. The molecule has 2 heteroatoms. The van der Waals surface area contributed by atoms with Crippen LogP contribution >= 0.6 is 0 Å². The number of rotatable bonds is 3. The monoisotopic (exact) mass is 213 g/mol. The predicted molar refractivity (Wildman–Crippen MR) is 62.3 cm³/mol. The summed E-state index contributed by atoms with van der Waals surface area (Å²) in [6.45, 7) is 10.1. The molecule has 1 rings (SSSR count). The first kappa shape index (κ1) is 13.0. The largest absolute Gasteiger partial charge is 0.393 e. The van der Waals surface area contributed by atoms with Gasteiger partial charge in [0.25, 0.3) is 0 Å². The minimum Gasteiger partial charge on any atom is -0.393 e. The van der Waals surface area contributed by atoms with Gasteiger partial charge < -0.3 is 10.2 Å². The molecule has 1 aliphatic carbocycles. The lowest BCUT2D eigenvalue weighted by molar-refractivity contribution is -0.0241. The van der Waals surface area contributed by atoms with Crippen molar-refractivity contribution in [2.45, 2.75) is 58.7 Å². The van der Waals surface area contributed by atoms with E-state index in [1.54, 1.807) is 0 Å². The zero-order valence-electron chi connectivity index (χ0n) is 10.2. The van der Waals surface area contributed by atoms with Gasteiger partial charge in [-0.2, -0.15) is 0 Å². The van der Waals surface area contributed by atoms with E-state index in [9.17, 15) is 10.2 Å². The standard InChI is InChI=1S/C13H25O2/c1-9(2)11-5-6-13(4,7-10(3)14)8-12(11)15/h9-12,14-15H,3,5-8H2,1-2,4H3/t10?,11-,12+,13-/m0/s1. The maximum absolute atomic E-state index is 10.1. The molecule has 0 aromatic carbocycles. The molecule has 0 amide bonds. The molecule has 89 valence electrons. The Bertz CT molecular complexity index is 201. The Kier molecular flexibility index (Phi) is 4.19. The van der Waals surface area contributed by atoms with Crippen LogP contribution in [0.2, 0.25) is 0 Å². The van der Waals surface area contributed by atoms with Gasteiger partial charge in [0, 0.05) is 0 Å². The highest BCUT2D eigenvalue weighted by Crippen LogP contribution is 2.44. The fraction of sp³-hybridized carbons (Fsp3) is 0.923. The van der Waals surface area contributed by atoms with Crippen LogP contribution in [0.3, 0.4) is 0 Å². The molecule has 1 unspecified atom stereocenters. The van der Waals surface area contributed by atoms with Gasteiger partial charge in [-0.3, -0.25) is 0 Å². The summed E-state index contributed by atoms with van der Waals surface area (Å²) in [7, 11) is 0. The summed E-state index contributed by atoms with van der Waals surface area (Å²) in [5.41, 5.74) is 0.0754. The fourth-order valence-electron chi connectivity index (χ4n) is 3.00. The highest BCUT2D eigenvalue weighted by Gasteiger charge is 2.38. The van der Waals surface area contributed by atoms with E-state index < -0.39 is 6.10 Å². The van der Waals surface area contributed by atoms with Gasteiger partial charge in [-0.1, -0.05) is 20.8 Å². The van der Waals surface area contributed by atoms with Crippen LogP contribution in [0.25, 0.3) is 0 Å². The second-order valence-electron chi connectivity index (χ2n) is 5.89. The summed E-state index contributed by atoms with van der Waals surface area (Å²) in [6, 6.07) is 0. The SMILES string of the molecule is [CH2]C(O)C[C@]1(C)CC[C@@H](C(C)C)[C@H](O)C1. The fourth-order valence-corrected chi connectivity index (χ4v) is 3.00. The third-order valence-corrected chi connectivity index (χ3v) is 3.86. The maximum atomic E-state index is 10.1. The van der Waals surface area contributed by atoms with E-state index in [0.29, 0.717) is 18.3 Å². The van der Waals surface area contributed by atoms with Crippen molar-refractivity contribution in [3.05, 3.63) is 6.92 Å². The van der Waals surface area contributed by atoms with Gasteiger partial charge in [0.05, 0.1) is 12.2 Å². The van der Waals surface area contributed by atoms with Crippen LogP contribution in [0.5, 0.6) is 0 Å². The molecule has 0 aromatic heterocycles. The summed E-state index contributed by atoms with van der Waals surface area (Å²) in [4.78, 5) is 0. The Labute approximate surface area is 93.7 Å². The first-order valence-corrected chi connectivity index (χ1v) is 6.03. The van der Waals surface area contributed by atoms with Crippen molar-refractivity contribution >= 4 is 0 Å². The summed E-state index contributed by atoms with van der Waals surface area (Å²) in [6.07, 6.45) is 2.97. The number of hydrogen-bond donors (Lipinski definition) is 2. The minimum absolute atomic E-state index is 0.0754. The smallest absolute Gasteiger partial charge is 0.0576 e. The molecule has 1 aliphatic rings. The van der Waals surface area contributed by atoms with Crippen LogP contribution in [-0.4, -0.2) is 22.4 Å². The molecule has 4 atom stereocenters. The van der Waals surface area contributed by atoms with E-state index in [0.717, 1.165) is 19.3 Å². The highest BCUT2D eigenvalue weighted by atomic mass is 16.3. The van der Waals surface area contributed by atoms with E-state index >= 15 is 0 Å². The van der Waals surface area contributed by atoms with Gasteiger partial charge in [-0.05, 0) is 49.9 Å². The Balaban J connectivity index is 2.56. The van der Waals surface area contributed by atoms with E-state index in [2.05, 4.69) is 27.7 Å². The molecule has 15 heavy (non-hydrogen) atoms. The van der Waals surface area contributed by atoms with E-state index in [-0.39, 0.29) is 11.5 Å². The Morgan fingerprint density at radius 2 is 2.07 bits per heavy atom. The quantitative estimate of drug-likeness (QED) is 0.755. The van der Waals surface area contributed by atoms with Gasteiger partial charge in [0.1, 0.15) is 0 Å². The minimum atomic E-state index is -0.502. The first-order valence-electron chi connectivity index (χ1n) is 6.03. The van der Waals surface area contributed by atoms with Crippen molar-refractivity contribution < 1.29 is 10.2 Å². The molecule has 1 fully saturated rings. The summed E-state index contributed by atoms with van der Waals surface area (Å²) in [5, 5.41) is 19.4. The molecular formula is C13H25O2. The molecule has 0 bridgehead atoms. The third-order valence-electron chi connectivity index (χ3n) is 3.86. The summed E-state index contributed by atoms with van der Waals surface area (Å²) >= 11 is 0. The van der Waals surface area contributed by atoms with Gasteiger partial charge in [-0.15, -0.1) is 0 Å². The molecule has 1 radical (unpaired) electrons. The lowest BCUT2D eigenvalue weighted by atomic mass is 9.65. The second kappa shape index (κ2) is 4.84. The van der Waals surface area contributed by atoms with E-state index in [1.165, 1.54) is 0 Å². The van der Waals surface area contributed by atoms with Crippen LogP contribution in [0.15, 0.2) is 0 Å². The van der Waals surface area contributed by atoms with Gasteiger partial charge in [-0.25, -0.2) is 0 Å². The van der Waals surface area contributed by atoms with Crippen LogP contribution in [-0.2, 0) is 0 Å². The first-order chi connectivity index (χ1) is 6.84. The number of aliphatic hydroxyl groups excluding tert-OH is 2. The van der Waals surface area contributed by atoms with Crippen LogP contribution < -0.4 is 0 Å². The third kappa shape index (κ3) is 3.46. The lowest BCUT2D eigenvalue weighted by Crippen LogP contribution is -2.39. The maximum Gasteiger partial charge on any atom is 0.0576 e. The Hall–Kier alpha value is -0.0800. The highest BCUT2D eigenvalue weighted by molar-refractivity contribution is 4.90. The van der Waals surface area contributed by atoms with E-state index in [4.69, 9.17) is 0 Å². The van der Waals surface area contributed by atoms with E-state index in [1.807, 2.05) is 0 Å². The average Bonchev–Trinajstić information content (AvgIpc) is 1.99. The Morgan fingerprint density at radius 1 is 1.47 bits per heavy atom. The summed E-state index contributed by atoms with van der Waals surface area (Å²) < 4.78 is 0. The number of hydrogen-bond acceptors (Lipinski definition) is 2. The Morgan fingerprint density at radius 3 is 2.47 bits per heavy atom. The van der Waals surface area contributed by atoms with Crippen molar-refractivity contribution in [3.63, 3.8) is 0 Å². The predicted octanol–water partition coefficient (Wildman–Crippen LogP) is 2.39. The summed E-state index contributed by atoms with van der Waals surface area (Å²) in [5.74, 6) is 0.981. The van der Waals surface area contributed by atoms with Crippen LogP contribution in [0, 0.1) is 24.2 Å². The molecule has 1 saturated carbocycles. The zero-order chi connectivity index (χ0) is 11.6. The van der Waals surface area contributed by atoms with Gasteiger partial charge >= 0.3 is 0 Å². The van der Waals surface area contributed by atoms with Crippen molar-refractivity contribution in [1.82, 2.24) is 0 Å². The van der Waals surface area contributed by atoms with Crippen molar-refractivity contribution in [1.29, 1.82) is 0 Å². The number of aliphatic hydroxyl groups is 2. The zero-order valence-corrected chi connectivity index (χ0v) is 10.2. The molecule has 0 saturated heterocycles. The molecule has 0 aliphatic heterocycles. The van der Waals surface area contributed by atoms with Crippen molar-refractivity contribution in [3.8, 4) is 0 Å². The van der Waals surface area contributed by atoms with Gasteiger partial charge in [0.2, 0.25) is 0 Å². The molecule has 2 N–H and O–H groups in total. The van der Waals surface area contributed by atoms with Crippen molar-refractivity contribution in [2.75, 3.05) is 0 Å². The molecule has 2 nitrogen and oxygen atoms in total. The topological polar surface area (TPSA) is 40.5 Å².